The summed E-state index contributed by atoms with van der Waals surface area (Å²) in [6.45, 7) is 6.28. The summed E-state index contributed by atoms with van der Waals surface area (Å²) in [6.07, 6.45) is 1.91. The van der Waals surface area contributed by atoms with E-state index in [0.29, 0.717) is 0 Å². The summed E-state index contributed by atoms with van der Waals surface area (Å²) < 4.78 is 0. The van der Waals surface area contributed by atoms with Crippen molar-refractivity contribution in [2.45, 2.75) is 39.7 Å². The van der Waals surface area contributed by atoms with Crippen LogP contribution in [0.5, 0.6) is 0 Å². The number of nitrogens with zero attached hydrogens (tertiary/aromatic N) is 1. The molecule has 1 rings (SSSR count). The molecule has 0 aliphatic heterocycles. The Balaban J connectivity index is 2.96. The third-order valence-corrected chi connectivity index (χ3v) is 3.05. The largest absolute Gasteiger partial charge is 0.480 e. The van der Waals surface area contributed by atoms with Crippen LogP contribution in [-0.2, 0) is 4.79 Å². The molecule has 0 saturated heterocycles. The zero-order valence-corrected chi connectivity index (χ0v) is 10.8. The average molecular weight is 235 g/mol. The van der Waals surface area contributed by atoms with Crippen LogP contribution < -0.4 is 4.90 Å². The van der Waals surface area contributed by atoms with Gasteiger partial charge in [0.15, 0.2) is 0 Å². The highest BCUT2D eigenvalue weighted by Crippen LogP contribution is 2.20. The lowest BCUT2D eigenvalue weighted by Crippen LogP contribution is -2.38. The summed E-state index contributed by atoms with van der Waals surface area (Å²) in [7, 11) is 0. The highest BCUT2D eigenvalue weighted by Gasteiger charge is 2.18. The Bertz CT molecular complexity index is 355. The van der Waals surface area contributed by atoms with E-state index >= 15 is 0 Å². The summed E-state index contributed by atoms with van der Waals surface area (Å²) in [6, 6.07) is 8.32. The lowest BCUT2D eigenvalue weighted by Gasteiger charge is -2.31. The molecule has 3 heteroatoms. The molecule has 0 atom stereocenters. The maximum Gasteiger partial charge on any atom is 0.323 e. The Kier molecular flexibility index (Phi) is 5.01. The number of carbonyl (C=O) groups is 1. The Hall–Kier alpha value is -1.51. The number of rotatable bonds is 6. The summed E-state index contributed by atoms with van der Waals surface area (Å²) >= 11 is 0. The SMILES string of the molecule is CCC(CC)N(CC(=O)O)c1ccc(C)cc1. The Morgan fingerprint density at radius 1 is 1.24 bits per heavy atom. The van der Waals surface area contributed by atoms with Crippen molar-refractivity contribution in [2.24, 2.45) is 0 Å². The molecule has 0 aliphatic rings. The summed E-state index contributed by atoms with van der Waals surface area (Å²) in [5, 5.41) is 9.00. The van der Waals surface area contributed by atoms with E-state index in [2.05, 4.69) is 13.8 Å². The lowest BCUT2D eigenvalue weighted by atomic mass is 10.1. The molecule has 0 heterocycles. The van der Waals surface area contributed by atoms with Gasteiger partial charge in [-0.25, -0.2) is 0 Å². The van der Waals surface area contributed by atoms with Crippen LogP contribution in [0.15, 0.2) is 24.3 Å². The van der Waals surface area contributed by atoms with Gasteiger partial charge in [0.1, 0.15) is 6.54 Å². The minimum Gasteiger partial charge on any atom is -0.480 e. The van der Waals surface area contributed by atoms with Crippen molar-refractivity contribution in [2.75, 3.05) is 11.4 Å². The number of carboxylic acid groups (broad SMARTS) is 1. The van der Waals surface area contributed by atoms with E-state index in [4.69, 9.17) is 5.11 Å². The molecule has 1 aromatic rings. The molecule has 0 bridgehead atoms. The molecule has 1 aromatic carbocycles. The van der Waals surface area contributed by atoms with Crippen LogP contribution in [0.3, 0.4) is 0 Å². The molecular weight excluding hydrogens is 214 g/mol. The maximum atomic E-state index is 10.9. The van der Waals surface area contributed by atoms with E-state index in [0.717, 1.165) is 18.5 Å². The fraction of sp³-hybridized carbons (Fsp3) is 0.500. The van der Waals surface area contributed by atoms with Crippen molar-refractivity contribution >= 4 is 11.7 Å². The molecule has 0 aromatic heterocycles. The molecule has 94 valence electrons. The Morgan fingerprint density at radius 2 is 1.76 bits per heavy atom. The number of benzene rings is 1. The first kappa shape index (κ1) is 13.6. The number of anilines is 1. The van der Waals surface area contributed by atoms with Crippen LogP contribution in [0, 0.1) is 6.92 Å². The summed E-state index contributed by atoms with van der Waals surface area (Å²) in [5.41, 5.74) is 2.18. The average Bonchev–Trinajstić information content (AvgIpc) is 2.30. The monoisotopic (exact) mass is 235 g/mol. The molecule has 17 heavy (non-hydrogen) atoms. The van der Waals surface area contributed by atoms with Crippen LogP contribution in [0.4, 0.5) is 5.69 Å². The number of aliphatic carboxylic acids is 1. The number of hydrogen-bond acceptors (Lipinski definition) is 2. The van der Waals surface area contributed by atoms with Gasteiger partial charge in [0, 0.05) is 11.7 Å². The van der Waals surface area contributed by atoms with Crippen molar-refractivity contribution in [3.8, 4) is 0 Å². The van der Waals surface area contributed by atoms with E-state index in [1.54, 1.807) is 0 Å². The van der Waals surface area contributed by atoms with E-state index < -0.39 is 5.97 Å². The molecule has 3 nitrogen and oxygen atoms in total. The van der Waals surface area contributed by atoms with Gasteiger partial charge in [0.05, 0.1) is 0 Å². The molecular formula is C14H21NO2. The molecule has 0 radical (unpaired) electrons. The van der Waals surface area contributed by atoms with Crippen molar-refractivity contribution in [1.82, 2.24) is 0 Å². The molecule has 0 unspecified atom stereocenters. The minimum atomic E-state index is -0.780. The maximum absolute atomic E-state index is 10.9. The second kappa shape index (κ2) is 6.28. The lowest BCUT2D eigenvalue weighted by molar-refractivity contribution is -0.135. The zero-order chi connectivity index (χ0) is 12.8. The fourth-order valence-corrected chi connectivity index (χ4v) is 2.04. The molecule has 0 aliphatic carbocycles. The first-order valence-corrected chi connectivity index (χ1v) is 6.13. The molecule has 1 N–H and O–H groups in total. The number of carboxylic acids is 1. The number of aryl methyl sites for hydroxylation is 1. The molecule has 0 saturated carbocycles. The van der Waals surface area contributed by atoms with Crippen molar-refractivity contribution in [3.63, 3.8) is 0 Å². The highest BCUT2D eigenvalue weighted by molar-refractivity contribution is 5.74. The Morgan fingerprint density at radius 3 is 2.18 bits per heavy atom. The third kappa shape index (κ3) is 3.77. The van der Waals surface area contributed by atoms with E-state index in [-0.39, 0.29) is 12.6 Å². The van der Waals surface area contributed by atoms with Crippen molar-refractivity contribution < 1.29 is 9.90 Å². The van der Waals surface area contributed by atoms with Crippen LogP contribution in [0.2, 0.25) is 0 Å². The smallest absolute Gasteiger partial charge is 0.323 e. The fourth-order valence-electron chi connectivity index (χ4n) is 2.04. The first-order valence-electron chi connectivity index (χ1n) is 6.13. The highest BCUT2D eigenvalue weighted by atomic mass is 16.4. The zero-order valence-electron chi connectivity index (χ0n) is 10.8. The van der Waals surface area contributed by atoms with Gasteiger partial charge in [-0.2, -0.15) is 0 Å². The van der Waals surface area contributed by atoms with Gasteiger partial charge in [0.2, 0.25) is 0 Å². The van der Waals surface area contributed by atoms with Gasteiger partial charge in [-0.3, -0.25) is 4.79 Å². The van der Waals surface area contributed by atoms with Gasteiger partial charge in [-0.1, -0.05) is 31.5 Å². The van der Waals surface area contributed by atoms with Gasteiger partial charge in [-0.05, 0) is 31.9 Å². The van der Waals surface area contributed by atoms with Gasteiger partial charge >= 0.3 is 5.97 Å². The van der Waals surface area contributed by atoms with E-state index in [1.807, 2.05) is 36.1 Å². The molecule has 0 amide bonds. The van der Waals surface area contributed by atoms with E-state index in [1.165, 1.54) is 5.56 Å². The first-order chi connectivity index (χ1) is 8.08. The van der Waals surface area contributed by atoms with Gasteiger partial charge in [-0.15, -0.1) is 0 Å². The van der Waals surface area contributed by atoms with E-state index in [9.17, 15) is 4.79 Å². The second-order valence-electron chi connectivity index (χ2n) is 4.33. The Labute approximate surface area is 103 Å². The van der Waals surface area contributed by atoms with Gasteiger partial charge in [0.25, 0.3) is 0 Å². The standard InChI is InChI=1S/C14H21NO2/c1-4-12(5-2)15(10-14(16)17)13-8-6-11(3)7-9-13/h6-9,12H,4-5,10H2,1-3H3,(H,16,17). The normalized spacial score (nSPS) is 10.6. The van der Waals surface area contributed by atoms with Crippen molar-refractivity contribution in [1.29, 1.82) is 0 Å². The third-order valence-electron chi connectivity index (χ3n) is 3.05. The minimum absolute atomic E-state index is 0.0649. The quantitative estimate of drug-likeness (QED) is 0.823. The molecule has 0 spiro atoms. The molecule has 0 fully saturated rings. The van der Waals surface area contributed by atoms with Crippen LogP contribution in [-0.4, -0.2) is 23.7 Å². The van der Waals surface area contributed by atoms with Crippen LogP contribution in [0.1, 0.15) is 32.3 Å². The van der Waals surface area contributed by atoms with Crippen molar-refractivity contribution in [3.05, 3.63) is 29.8 Å². The predicted molar refractivity (Wildman–Crippen MR) is 70.5 cm³/mol. The summed E-state index contributed by atoms with van der Waals surface area (Å²) in [4.78, 5) is 12.9. The van der Waals surface area contributed by atoms with Crippen LogP contribution >= 0.6 is 0 Å². The second-order valence-corrected chi connectivity index (χ2v) is 4.33. The van der Waals surface area contributed by atoms with Crippen LogP contribution in [0.25, 0.3) is 0 Å². The number of hydrogen-bond donors (Lipinski definition) is 1. The topological polar surface area (TPSA) is 40.5 Å². The summed E-state index contributed by atoms with van der Waals surface area (Å²) in [5.74, 6) is -0.780. The predicted octanol–water partition coefficient (Wildman–Crippen LogP) is 3.07. The van der Waals surface area contributed by atoms with Gasteiger partial charge < -0.3 is 10.0 Å².